The molecule has 4 rings (SSSR count). The highest BCUT2D eigenvalue weighted by atomic mass is 19.4. The number of aromatic nitrogens is 2. The smallest absolute Gasteiger partial charge is 0.340 e. The molecule has 148 valence electrons. The van der Waals surface area contributed by atoms with E-state index in [0.717, 1.165) is 60.9 Å². The number of piperazine rings is 1. The summed E-state index contributed by atoms with van der Waals surface area (Å²) in [5.74, 6) is 0.876. The number of nitrogens with one attached hydrogen (secondary N) is 1. The van der Waals surface area contributed by atoms with E-state index < -0.39 is 11.7 Å². The third-order valence-corrected chi connectivity index (χ3v) is 5.37. The van der Waals surface area contributed by atoms with Crippen molar-refractivity contribution in [3.8, 4) is 0 Å². The zero-order valence-electron chi connectivity index (χ0n) is 16.0. The van der Waals surface area contributed by atoms with Crippen molar-refractivity contribution >= 4 is 17.0 Å². The van der Waals surface area contributed by atoms with Crippen LogP contribution in [0.4, 0.5) is 19.1 Å². The third kappa shape index (κ3) is 3.58. The largest absolute Gasteiger partial charge is 0.416 e. The summed E-state index contributed by atoms with van der Waals surface area (Å²) in [6, 6.07) is 9.60. The lowest BCUT2D eigenvalue weighted by molar-refractivity contribution is -0.137. The van der Waals surface area contributed by atoms with Gasteiger partial charge in [0.05, 0.1) is 23.1 Å². The zero-order chi connectivity index (χ0) is 19.9. The standard InChI is InChI=1S/C21H23F3N4/c1-14-11-18-19(12-15(14)2)28(20(26-18)27-9-7-25-8-10-27)13-16-3-5-17(6-4-16)21(22,23)24/h3-6,11-12,25H,7-10,13H2,1-2H3. The Balaban J connectivity index is 1.76. The molecular formula is C21H23F3N4. The molecule has 2 aromatic carbocycles. The Labute approximate surface area is 162 Å². The Bertz CT molecular complexity index is 984. The molecule has 0 aliphatic carbocycles. The summed E-state index contributed by atoms with van der Waals surface area (Å²) in [7, 11) is 0. The summed E-state index contributed by atoms with van der Waals surface area (Å²) >= 11 is 0. The minimum Gasteiger partial charge on any atom is -0.340 e. The van der Waals surface area contributed by atoms with E-state index in [1.165, 1.54) is 11.1 Å². The molecule has 0 radical (unpaired) electrons. The molecule has 3 aromatic rings. The van der Waals surface area contributed by atoms with E-state index in [1.54, 1.807) is 12.1 Å². The van der Waals surface area contributed by atoms with E-state index in [1.807, 2.05) is 0 Å². The molecule has 1 aliphatic rings. The van der Waals surface area contributed by atoms with Crippen molar-refractivity contribution in [2.75, 3.05) is 31.1 Å². The summed E-state index contributed by atoms with van der Waals surface area (Å²) in [4.78, 5) is 7.11. The number of fused-ring (bicyclic) bond motifs is 1. The van der Waals surface area contributed by atoms with Crippen LogP contribution in [0.1, 0.15) is 22.3 Å². The average molecular weight is 388 g/mol. The second-order valence-corrected chi connectivity index (χ2v) is 7.35. The first kappa shape index (κ1) is 18.8. The highest BCUT2D eigenvalue weighted by Gasteiger charge is 2.30. The molecule has 0 unspecified atom stereocenters. The molecule has 1 aromatic heterocycles. The first-order chi connectivity index (χ1) is 13.3. The lowest BCUT2D eigenvalue weighted by Gasteiger charge is -2.29. The van der Waals surface area contributed by atoms with Crippen LogP contribution in [-0.4, -0.2) is 35.7 Å². The number of benzene rings is 2. The number of alkyl halides is 3. The lowest BCUT2D eigenvalue weighted by Crippen LogP contribution is -2.44. The molecule has 4 nitrogen and oxygen atoms in total. The summed E-state index contributed by atoms with van der Waals surface area (Å²) in [5, 5.41) is 3.34. The monoisotopic (exact) mass is 388 g/mol. The number of halogens is 3. The summed E-state index contributed by atoms with van der Waals surface area (Å²) in [6.07, 6.45) is -4.32. The molecule has 1 saturated heterocycles. The van der Waals surface area contributed by atoms with Gasteiger partial charge in [0.1, 0.15) is 0 Å². The van der Waals surface area contributed by atoms with Crippen LogP contribution in [0, 0.1) is 13.8 Å². The first-order valence-electron chi connectivity index (χ1n) is 9.42. The molecular weight excluding hydrogens is 365 g/mol. The summed E-state index contributed by atoms with van der Waals surface area (Å²) < 4.78 is 40.7. The van der Waals surface area contributed by atoms with Crippen LogP contribution in [-0.2, 0) is 12.7 Å². The van der Waals surface area contributed by atoms with Crippen LogP contribution in [0.3, 0.4) is 0 Å². The molecule has 0 bridgehead atoms. The van der Waals surface area contributed by atoms with Crippen molar-refractivity contribution in [3.05, 3.63) is 58.7 Å². The fraction of sp³-hybridized carbons (Fsp3) is 0.381. The van der Waals surface area contributed by atoms with Crippen LogP contribution < -0.4 is 10.2 Å². The van der Waals surface area contributed by atoms with Crippen molar-refractivity contribution in [1.29, 1.82) is 0 Å². The highest BCUT2D eigenvalue weighted by Crippen LogP contribution is 2.30. The maximum absolute atomic E-state index is 12.9. The van der Waals surface area contributed by atoms with E-state index >= 15 is 0 Å². The topological polar surface area (TPSA) is 33.1 Å². The molecule has 28 heavy (non-hydrogen) atoms. The van der Waals surface area contributed by atoms with E-state index in [0.29, 0.717) is 6.54 Å². The Morgan fingerprint density at radius 2 is 1.64 bits per heavy atom. The number of nitrogens with zero attached hydrogens (tertiary/aromatic N) is 3. The van der Waals surface area contributed by atoms with Crippen LogP contribution >= 0.6 is 0 Å². The average Bonchev–Trinajstić information content (AvgIpc) is 3.00. The molecule has 7 heteroatoms. The highest BCUT2D eigenvalue weighted by molar-refractivity contribution is 5.81. The quantitative estimate of drug-likeness (QED) is 0.732. The van der Waals surface area contributed by atoms with Crippen molar-refractivity contribution in [1.82, 2.24) is 14.9 Å². The normalized spacial score (nSPS) is 15.4. The van der Waals surface area contributed by atoms with Gasteiger partial charge >= 0.3 is 6.18 Å². The van der Waals surface area contributed by atoms with Gasteiger partial charge in [0.15, 0.2) is 0 Å². The van der Waals surface area contributed by atoms with Gasteiger partial charge in [-0.2, -0.15) is 13.2 Å². The number of hydrogen-bond donors (Lipinski definition) is 1. The molecule has 0 atom stereocenters. The second kappa shape index (κ2) is 7.13. The minimum atomic E-state index is -4.32. The third-order valence-electron chi connectivity index (χ3n) is 5.37. The van der Waals surface area contributed by atoms with Gasteiger partial charge in [-0.05, 0) is 54.8 Å². The molecule has 1 fully saturated rings. The molecule has 2 heterocycles. The number of rotatable bonds is 3. The van der Waals surface area contributed by atoms with Gasteiger partial charge in [-0.15, -0.1) is 0 Å². The maximum Gasteiger partial charge on any atom is 0.416 e. The molecule has 1 aliphatic heterocycles. The van der Waals surface area contributed by atoms with Gasteiger partial charge in [0.2, 0.25) is 5.95 Å². The summed E-state index contributed by atoms with van der Waals surface area (Å²) in [5.41, 5.74) is 4.48. The van der Waals surface area contributed by atoms with Gasteiger partial charge in [-0.3, -0.25) is 0 Å². The van der Waals surface area contributed by atoms with E-state index in [-0.39, 0.29) is 0 Å². The second-order valence-electron chi connectivity index (χ2n) is 7.35. The SMILES string of the molecule is Cc1cc2nc(N3CCNCC3)n(Cc3ccc(C(F)(F)F)cc3)c2cc1C. The molecule has 0 saturated carbocycles. The fourth-order valence-electron chi connectivity index (χ4n) is 3.61. The maximum atomic E-state index is 12.9. The van der Waals surface area contributed by atoms with Crippen molar-refractivity contribution in [2.45, 2.75) is 26.6 Å². The van der Waals surface area contributed by atoms with E-state index in [4.69, 9.17) is 4.98 Å². The van der Waals surface area contributed by atoms with E-state index in [9.17, 15) is 13.2 Å². The Hall–Kier alpha value is -2.54. The van der Waals surface area contributed by atoms with Crippen LogP contribution in [0.5, 0.6) is 0 Å². The number of hydrogen-bond acceptors (Lipinski definition) is 3. The van der Waals surface area contributed by atoms with Crippen molar-refractivity contribution < 1.29 is 13.2 Å². The van der Waals surface area contributed by atoms with Crippen LogP contribution in [0.25, 0.3) is 11.0 Å². The van der Waals surface area contributed by atoms with E-state index in [2.05, 4.69) is 40.8 Å². The van der Waals surface area contributed by atoms with Gasteiger partial charge in [-0.25, -0.2) is 4.98 Å². The Morgan fingerprint density at radius 3 is 2.29 bits per heavy atom. The number of aryl methyl sites for hydroxylation is 2. The van der Waals surface area contributed by atoms with Crippen molar-refractivity contribution in [3.63, 3.8) is 0 Å². The van der Waals surface area contributed by atoms with Gasteiger partial charge in [0.25, 0.3) is 0 Å². The van der Waals surface area contributed by atoms with Gasteiger partial charge in [-0.1, -0.05) is 12.1 Å². The van der Waals surface area contributed by atoms with Gasteiger partial charge < -0.3 is 14.8 Å². The Morgan fingerprint density at radius 1 is 1.00 bits per heavy atom. The van der Waals surface area contributed by atoms with Crippen LogP contribution in [0.2, 0.25) is 0 Å². The lowest BCUT2D eigenvalue weighted by atomic mass is 10.1. The Kier molecular flexibility index (Phi) is 4.79. The molecule has 1 N–H and O–H groups in total. The molecule has 0 spiro atoms. The minimum absolute atomic E-state index is 0.483. The zero-order valence-corrected chi connectivity index (χ0v) is 16.0. The fourth-order valence-corrected chi connectivity index (χ4v) is 3.61. The van der Waals surface area contributed by atoms with Crippen LogP contribution in [0.15, 0.2) is 36.4 Å². The predicted octanol–water partition coefficient (Wildman–Crippen LogP) is 4.13. The van der Waals surface area contributed by atoms with Crippen molar-refractivity contribution in [2.24, 2.45) is 0 Å². The predicted molar refractivity (Wildman–Crippen MR) is 105 cm³/mol. The van der Waals surface area contributed by atoms with Gasteiger partial charge in [0, 0.05) is 26.2 Å². The summed E-state index contributed by atoms with van der Waals surface area (Å²) in [6.45, 7) is 8.10. The first-order valence-corrected chi connectivity index (χ1v) is 9.42. The number of imidazole rings is 1. The molecule has 0 amide bonds. The number of anilines is 1.